The molecule has 2 aromatic heterocycles. The molecule has 1 saturated carbocycles. The fourth-order valence-corrected chi connectivity index (χ4v) is 4.71. The molecular weight excluding hydrogens is 547 g/mol. The summed E-state index contributed by atoms with van der Waals surface area (Å²) >= 11 is 3.31. The summed E-state index contributed by atoms with van der Waals surface area (Å²) in [6, 6.07) is 5.81. The average molecular weight is 569 g/mol. The monoisotopic (exact) mass is 568 g/mol. The zero-order chi connectivity index (χ0) is 25.2. The number of anilines is 1. The van der Waals surface area contributed by atoms with E-state index < -0.39 is 28.1 Å². The predicted octanol–water partition coefficient (Wildman–Crippen LogP) is 1.63. The lowest BCUT2D eigenvalue weighted by Crippen LogP contribution is -2.24. The van der Waals surface area contributed by atoms with Crippen LogP contribution in [0.25, 0.3) is 0 Å². The summed E-state index contributed by atoms with van der Waals surface area (Å²) < 4.78 is 42.9. The number of rotatable bonds is 9. The second-order valence-electron chi connectivity index (χ2n) is 8.17. The second kappa shape index (κ2) is 10.5. The van der Waals surface area contributed by atoms with Gasteiger partial charge in [-0.2, -0.15) is 13.5 Å². The Hall–Kier alpha value is -2.78. The van der Waals surface area contributed by atoms with Gasteiger partial charge in [-0.15, -0.1) is 0 Å². The van der Waals surface area contributed by atoms with Crippen LogP contribution in [0.5, 0.6) is 0 Å². The minimum Gasteiger partial charge on any atom is -0.393 e. The van der Waals surface area contributed by atoms with Crippen LogP contribution in [0.15, 0.2) is 47.5 Å². The normalized spacial score (nSPS) is 20.2. The molecule has 0 aliphatic heterocycles. The Morgan fingerprint density at radius 2 is 2.14 bits per heavy atom. The number of benzene rings is 1. The highest BCUT2D eigenvalue weighted by atomic mass is 79.9. The van der Waals surface area contributed by atoms with Crippen molar-refractivity contribution < 1.29 is 26.9 Å². The molecule has 1 aromatic carbocycles. The highest BCUT2D eigenvalue weighted by Gasteiger charge is 2.34. The van der Waals surface area contributed by atoms with Crippen molar-refractivity contribution in [3.05, 3.63) is 70.1 Å². The van der Waals surface area contributed by atoms with E-state index in [-0.39, 0.29) is 42.1 Å². The van der Waals surface area contributed by atoms with Crippen LogP contribution in [0, 0.1) is 11.7 Å². The molecule has 0 radical (unpaired) electrons. The maximum Gasteiger partial charge on any atom is 0.333 e. The Labute approximate surface area is 208 Å². The van der Waals surface area contributed by atoms with Gasteiger partial charge in [0.25, 0.3) is 0 Å². The van der Waals surface area contributed by atoms with Crippen LogP contribution in [-0.4, -0.2) is 57.8 Å². The molecule has 1 fully saturated rings. The lowest BCUT2D eigenvalue weighted by Gasteiger charge is -2.15. The van der Waals surface area contributed by atoms with E-state index in [9.17, 15) is 22.7 Å². The Balaban J connectivity index is 1.46. The SMILES string of the molecule is NS(=O)(=O)OC[C@H]1C[C@@H](Nc2ncncc2C(=O)c2ccn(Cc3cc(Br)ccc3F)n2)C[C@@H]1O. The molecule has 186 valence electrons. The van der Waals surface area contributed by atoms with Gasteiger partial charge in [-0.3, -0.25) is 13.7 Å². The minimum absolute atomic E-state index is 0.129. The fourth-order valence-electron chi connectivity index (χ4n) is 3.93. The average Bonchev–Trinajstić information content (AvgIpc) is 3.40. The third-order valence-corrected chi connectivity index (χ3v) is 6.57. The number of aliphatic hydroxyl groups excluding tert-OH is 1. The van der Waals surface area contributed by atoms with E-state index in [1.165, 1.54) is 29.3 Å². The van der Waals surface area contributed by atoms with Crippen molar-refractivity contribution in [1.82, 2.24) is 19.7 Å². The smallest absolute Gasteiger partial charge is 0.333 e. The summed E-state index contributed by atoms with van der Waals surface area (Å²) in [6.07, 6.45) is 4.07. The number of hydrogen-bond acceptors (Lipinski definition) is 9. The molecule has 4 rings (SSSR count). The lowest BCUT2D eigenvalue weighted by molar-refractivity contribution is 0.101. The number of hydrogen-bond donors (Lipinski definition) is 3. The summed E-state index contributed by atoms with van der Waals surface area (Å²) in [4.78, 5) is 21.2. The summed E-state index contributed by atoms with van der Waals surface area (Å²) in [5, 5.41) is 22.5. The van der Waals surface area contributed by atoms with Crippen LogP contribution in [0.2, 0.25) is 0 Å². The standard InChI is InChI=1S/C21H22BrFN6O5S/c22-14-1-2-17(23)12(5-14)9-29-4-3-18(28-29)20(31)16-8-25-11-26-21(16)27-15-6-13(19(30)7-15)10-34-35(24,32)33/h1-5,8,11,13,15,19,30H,6-7,9-10H2,(H2,24,32,33)(H,25,26,27)/t13-,15-,19+/m1/s1. The summed E-state index contributed by atoms with van der Waals surface area (Å²) in [6.45, 7) is -0.110. The highest BCUT2D eigenvalue weighted by Crippen LogP contribution is 2.30. The van der Waals surface area contributed by atoms with Crippen molar-refractivity contribution >= 4 is 37.8 Å². The van der Waals surface area contributed by atoms with Crippen molar-refractivity contribution in [3.8, 4) is 0 Å². The molecule has 0 unspecified atom stereocenters. The number of ketones is 1. The topological polar surface area (TPSA) is 162 Å². The zero-order valence-electron chi connectivity index (χ0n) is 18.2. The van der Waals surface area contributed by atoms with Gasteiger partial charge in [0.15, 0.2) is 0 Å². The summed E-state index contributed by atoms with van der Waals surface area (Å²) in [5.41, 5.74) is 0.710. The van der Waals surface area contributed by atoms with Crippen molar-refractivity contribution in [2.75, 3.05) is 11.9 Å². The Morgan fingerprint density at radius 3 is 2.91 bits per heavy atom. The lowest BCUT2D eigenvalue weighted by atomic mass is 10.1. The van der Waals surface area contributed by atoms with Gasteiger partial charge >= 0.3 is 10.3 Å². The first-order valence-electron chi connectivity index (χ1n) is 10.5. The molecule has 14 heteroatoms. The first kappa shape index (κ1) is 25.3. The second-order valence-corrected chi connectivity index (χ2v) is 10.3. The van der Waals surface area contributed by atoms with Gasteiger partial charge in [-0.05, 0) is 37.1 Å². The van der Waals surface area contributed by atoms with Crippen LogP contribution in [0.4, 0.5) is 10.2 Å². The van der Waals surface area contributed by atoms with E-state index in [1.807, 2.05) is 0 Å². The molecule has 11 nitrogen and oxygen atoms in total. The van der Waals surface area contributed by atoms with E-state index in [2.05, 4.69) is 40.5 Å². The molecule has 3 aromatic rings. The number of nitrogens with two attached hydrogens (primary N) is 1. The molecule has 0 saturated heterocycles. The molecular formula is C21H22BrFN6O5S. The van der Waals surface area contributed by atoms with E-state index in [0.717, 1.165) is 4.47 Å². The molecule has 0 bridgehead atoms. The molecule has 3 atom stereocenters. The molecule has 0 amide bonds. The number of carbonyl (C=O) groups is 1. The molecule has 35 heavy (non-hydrogen) atoms. The van der Waals surface area contributed by atoms with E-state index in [4.69, 9.17) is 5.14 Å². The van der Waals surface area contributed by atoms with Gasteiger partial charge in [-0.1, -0.05) is 15.9 Å². The number of aliphatic hydroxyl groups is 1. The van der Waals surface area contributed by atoms with Gasteiger partial charge < -0.3 is 10.4 Å². The van der Waals surface area contributed by atoms with Crippen molar-refractivity contribution in [2.45, 2.75) is 31.5 Å². The molecule has 2 heterocycles. The van der Waals surface area contributed by atoms with Gasteiger partial charge in [0, 0.05) is 34.4 Å². The number of nitrogens with one attached hydrogen (secondary N) is 1. The molecule has 1 aliphatic carbocycles. The Bertz CT molecular complexity index is 1340. The predicted molar refractivity (Wildman–Crippen MR) is 126 cm³/mol. The zero-order valence-corrected chi connectivity index (χ0v) is 20.6. The van der Waals surface area contributed by atoms with Crippen LogP contribution >= 0.6 is 15.9 Å². The number of aromatic nitrogens is 4. The van der Waals surface area contributed by atoms with Crippen molar-refractivity contribution in [1.29, 1.82) is 0 Å². The Morgan fingerprint density at radius 1 is 1.34 bits per heavy atom. The first-order valence-corrected chi connectivity index (χ1v) is 12.8. The number of carbonyl (C=O) groups excluding carboxylic acids is 1. The fraction of sp³-hybridized carbons (Fsp3) is 0.333. The van der Waals surface area contributed by atoms with Gasteiger partial charge in [0.05, 0.1) is 24.8 Å². The van der Waals surface area contributed by atoms with Gasteiger partial charge in [-0.25, -0.2) is 19.5 Å². The van der Waals surface area contributed by atoms with E-state index in [1.54, 1.807) is 18.3 Å². The third-order valence-electron chi connectivity index (χ3n) is 5.61. The summed E-state index contributed by atoms with van der Waals surface area (Å²) in [7, 11) is -4.11. The first-order chi connectivity index (χ1) is 16.6. The van der Waals surface area contributed by atoms with Crippen LogP contribution in [-0.2, 0) is 21.0 Å². The van der Waals surface area contributed by atoms with Crippen molar-refractivity contribution in [3.63, 3.8) is 0 Å². The number of nitrogens with zero attached hydrogens (tertiary/aromatic N) is 4. The molecule has 4 N–H and O–H groups in total. The minimum atomic E-state index is -4.11. The molecule has 0 spiro atoms. The van der Waals surface area contributed by atoms with E-state index in [0.29, 0.717) is 18.4 Å². The maximum atomic E-state index is 14.1. The van der Waals surface area contributed by atoms with Crippen molar-refractivity contribution in [2.24, 2.45) is 11.1 Å². The van der Waals surface area contributed by atoms with Crippen LogP contribution in [0.3, 0.4) is 0 Å². The highest BCUT2D eigenvalue weighted by molar-refractivity contribution is 9.10. The van der Waals surface area contributed by atoms with Crippen LogP contribution in [0.1, 0.15) is 34.5 Å². The van der Waals surface area contributed by atoms with Gasteiger partial charge in [0.1, 0.15) is 23.7 Å². The van der Waals surface area contributed by atoms with Crippen LogP contribution < -0.4 is 10.5 Å². The third kappa shape index (κ3) is 6.46. The number of halogens is 2. The summed E-state index contributed by atoms with van der Waals surface area (Å²) in [5.74, 6) is -1.02. The van der Waals surface area contributed by atoms with E-state index >= 15 is 0 Å². The largest absolute Gasteiger partial charge is 0.393 e. The Kier molecular flexibility index (Phi) is 7.56. The molecule has 1 aliphatic rings. The van der Waals surface area contributed by atoms with Gasteiger partial charge in [0.2, 0.25) is 5.78 Å². The maximum absolute atomic E-state index is 14.1. The quantitative estimate of drug-likeness (QED) is 0.325.